The average molecular weight is 557 g/mol. The van der Waals surface area contributed by atoms with Gasteiger partial charge in [-0.3, -0.25) is 14.8 Å². The summed E-state index contributed by atoms with van der Waals surface area (Å²) in [5.41, 5.74) is 2.51. The highest BCUT2D eigenvalue weighted by Gasteiger charge is 2.19. The summed E-state index contributed by atoms with van der Waals surface area (Å²) in [5, 5.41) is 24.2. The molecule has 0 radical (unpaired) electrons. The minimum Gasteiger partial charge on any atom is -0.394 e. The van der Waals surface area contributed by atoms with E-state index in [4.69, 9.17) is 9.84 Å². The molecule has 1 heterocycles. The number of carbonyl (C=O) groups excluding carboxylic acids is 1. The molecule has 3 aromatic carbocycles. The number of nitrogens with one attached hydrogen (secondary N) is 2. The molecular formula is C26H28N4O6S2. The molecule has 0 bridgehead atoms. The minimum absolute atomic E-state index is 0.161. The molecule has 0 spiro atoms. The quantitative estimate of drug-likeness (QED) is 0.221. The fourth-order valence-corrected chi connectivity index (χ4v) is 5.81. The van der Waals surface area contributed by atoms with Crippen molar-refractivity contribution >= 4 is 54.5 Å². The number of carbonyl (C=O) groups is 1. The van der Waals surface area contributed by atoms with Gasteiger partial charge < -0.3 is 19.8 Å². The molecule has 1 atom stereocenters. The number of hydrogen-bond donors (Lipinski definition) is 4. The van der Waals surface area contributed by atoms with Crippen molar-refractivity contribution in [2.24, 2.45) is 0 Å². The predicted octanol–water partition coefficient (Wildman–Crippen LogP) is 3.14. The van der Waals surface area contributed by atoms with Crippen molar-refractivity contribution in [3.63, 3.8) is 0 Å². The van der Waals surface area contributed by atoms with E-state index < -0.39 is 28.6 Å². The van der Waals surface area contributed by atoms with Crippen LogP contribution in [0.5, 0.6) is 0 Å². The van der Waals surface area contributed by atoms with Crippen molar-refractivity contribution < 1.29 is 28.2 Å². The molecule has 0 saturated carbocycles. The number of aromatic nitrogens is 1. The molecule has 38 heavy (non-hydrogen) atoms. The first kappa shape index (κ1) is 27.5. The van der Waals surface area contributed by atoms with E-state index in [9.17, 15) is 18.3 Å². The number of thiazole rings is 1. The number of aliphatic hydroxyl groups excluding tert-OH is 2. The number of rotatable bonds is 11. The van der Waals surface area contributed by atoms with Crippen molar-refractivity contribution in [3.8, 4) is 11.3 Å². The Hall–Kier alpha value is -3.55. The molecule has 4 rings (SSSR count). The summed E-state index contributed by atoms with van der Waals surface area (Å²) >= 11 is 1.21. The summed E-state index contributed by atoms with van der Waals surface area (Å²) in [5.74, 6) is -0.454. The maximum atomic E-state index is 13.4. The van der Waals surface area contributed by atoms with E-state index in [1.807, 2.05) is 37.2 Å². The molecule has 0 aliphatic carbocycles. The van der Waals surface area contributed by atoms with Gasteiger partial charge in [0.15, 0.2) is 5.13 Å². The lowest BCUT2D eigenvalue weighted by molar-refractivity contribution is -0.121. The third-order valence-electron chi connectivity index (χ3n) is 5.55. The molecular weight excluding hydrogens is 528 g/mol. The third-order valence-corrected chi connectivity index (χ3v) is 7.74. The monoisotopic (exact) mass is 556 g/mol. The molecule has 0 aliphatic rings. The number of benzene rings is 3. The third kappa shape index (κ3) is 6.47. The zero-order chi connectivity index (χ0) is 27.3. The lowest BCUT2D eigenvalue weighted by Crippen LogP contribution is -2.24. The van der Waals surface area contributed by atoms with E-state index in [-0.39, 0.29) is 18.1 Å². The molecule has 12 heteroatoms. The Morgan fingerprint density at radius 2 is 1.84 bits per heavy atom. The Morgan fingerprint density at radius 3 is 2.61 bits per heavy atom. The number of amides is 1. The van der Waals surface area contributed by atoms with Gasteiger partial charge >= 0.3 is 0 Å². The van der Waals surface area contributed by atoms with Gasteiger partial charge in [-0.1, -0.05) is 36.4 Å². The SMILES string of the molecule is CN(C)c1cccc2c(S(=O)(=O)Nc3cccc(-c4csc(NC(=O)COCC(O)CO)n4)c3)cccc12. The highest BCUT2D eigenvalue weighted by atomic mass is 32.2. The van der Waals surface area contributed by atoms with Crippen LogP contribution < -0.4 is 14.9 Å². The maximum Gasteiger partial charge on any atom is 0.262 e. The number of fused-ring (bicyclic) bond motifs is 1. The lowest BCUT2D eigenvalue weighted by atomic mass is 10.1. The van der Waals surface area contributed by atoms with E-state index in [2.05, 4.69) is 15.0 Å². The van der Waals surface area contributed by atoms with Crippen LogP contribution in [0.15, 0.2) is 70.9 Å². The fourth-order valence-electron chi connectivity index (χ4n) is 3.80. The van der Waals surface area contributed by atoms with Crippen molar-refractivity contribution in [2.75, 3.05) is 48.9 Å². The fraction of sp³-hybridized carbons (Fsp3) is 0.231. The predicted molar refractivity (Wildman–Crippen MR) is 149 cm³/mol. The van der Waals surface area contributed by atoms with E-state index in [0.29, 0.717) is 27.5 Å². The van der Waals surface area contributed by atoms with Crippen LogP contribution in [0.1, 0.15) is 0 Å². The van der Waals surface area contributed by atoms with Gasteiger partial charge in [0.05, 0.1) is 23.8 Å². The van der Waals surface area contributed by atoms with Crippen LogP contribution in [0.2, 0.25) is 0 Å². The molecule has 1 amide bonds. The molecule has 0 fully saturated rings. The number of aliphatic hydroxyl groups is 2. The first-order chi connectivity index (χ1) is 18.2. The number of anilines is 3. The van der Waals surface area contributed by atoms with Gasteiger partial charge in [0.1, 0.15) is 12.7 Å². The molecule has 10 nitrogen and oxygen atoms in total. The van der Waals surface area contributed by atoms with E-state index >= 15 is 0 Å². The molecule has 0 saturated heterocycles. The van der Waals surface area contributed by atoms with Crippen molar-refractivity contribution in [3.05, 3.63) is 66.0 Å². The smallest absolute Gasteiger partial charge is 0.262 e. The largest absolute Gasteiger partial charge is 0.394 e. The van der Waals surface area contributed by atoms with Gasteiger partial charge in [0.2, 0.25) is 0 Å². The first-order valence-corrected chi connectivity index (χ1v) is 14.0. The molecule has 4 aromatic rings. The maximum absolute atomic E-state index is 13.4. The van der Waals surface area contributed by atoms with Crippen LogP contribution in [-0.4, -0.2) is 69.5 Å². The Bertz CT molecular complexity index is 1540. The summed E-state index contributed by atoms with van der Waals surface area (Å²) in [6, 6.07) is 17.6. The summed E-state index contributed by atoms with van der Waals surface area (Å²) in [4.78, 5) is 18.6. The first-order valence-electron chi connectivity index (χ1n) is 11.6. The standard InChI is InChI=1S/C26H28N4O6S2/c1-30(2)23-10-4-9-21-20(23)8-5-11-24(21)38(34,35)29-18-7-3-6-17(12-18)22-16-37-26(27-22)28-25(33)15-36-14-19(32)13-31/h3-12,16,19,29,31-32H,13-15H2,1-2H3,(H,27,28,33). The molecule has 1 aromatic heterocycles. The van der Waals surface area contributed by atoms with Gasteiger partial charge in [-0.25, -0.2) is 13.4 Å². The van der Waals surface area contributed by atoms with Gasteiger partial charge in [-0.2, -0.15) is 0 Å². The second kappa shape index (κ2) is 11.9. The zero-order valence-corrected chi connectivity index (χ0v) is 22.4. The van der Waals surface area contributed by atoms with Crippen molar-refractivity contribution in [1.29, 1.82) is 0 Å². The highest BCUT2D eigenvalue weighted by molar-refractivity contribution is 7.93. The van der Waals surface area contributed by atoms with Gasteiger partial charge in [-0.15, -0.1) is 11.3 Å². The Kier molecular flexibility index (Phi) is 8.59. The lowest BCUT2D eigenvalue weighted by Gasteiger charge is -2.17. The van der Waals surface area contributed by atoms with Crippen LogP contribution in [-0.2, 0) is 19.6 Å². The van der Waals surface area contributed by atoms with E-state index in [1.165, 1.54) is 11.3 Å². The van der Waals surface area contributed by atoms with Crippen LogP contribution in [0, 0.1) is 0 Å². The summed E-state index contributed by atoms with van der Waals surface area (Å²) in [6.45, 7) is -0.912. The number of hydrogen-bond acceptors (Lipinski definition) is 9. The topological polar surface area (TPSA) is 141 Å². The number of nitrogens with zero attached hydrogens (tertiary/aromatic N) is 2. The summed E-state index contributed by atoms with van der Waals surface area (Å²) in [7, 11) is -0.0797. The number of sulfonamides is 1. The second-order valence-electron chi connectivity index (χ2n) is 8.65. The van der Waals surface area contributed by atoms with Crippen LogP contribution >= 0.6 is 11.3 Å². The van der Waals surface area contributed by atoms with Crippen molar-refractivity contribution in [2.45, 2.75) is 11.0 Å². The Morgan fingerprint density at radius 1 is 1.11 bits per heavy atom. The average Bonchev–Trinajstić information content (AvgIpc) is 3.36. The van der Waals surface area contributed by atoms with Gasteiger partial charge in [-0.05, 0) is 24.3 Å². The molecule has 0 aliphatic heterocycles. The molecule has 4 N–H and O–H groups in total. The normalized spacial score (nSPS) is 12.3. The Labute approximate surface area is 224 Å². The van der Waals surface area contributed by atoms with Crippen LogP contribution in [0.25, 0.3) is 22.0 Å². The number of ether oxygens (including phenoxy) is 1. The second-order valence-corrected chi connectivity index (χ2v) is 11.2. The highest BCUT2D eigenvalue weighted by Crippen LogP contribution is 2.32. The van der Waals surface area contributed by atoms with Crippen molar-refractivity contribution in [1.82, 2.24) is 4.98 Å². The molecule has 200 valence electrons. The van der Waals surface area contributed by atoms with Gasteiger partial charge in [0, 0.05) is 47.2 Å². The molecule has 1 unspecified atom stereocenters. The summed E-state index contributed by atoms with van der Waals surface area (Å²) in [6.07, 6.45) is -1.05. The Balaban J connectivity index is 1.50. The zero-order valence-electron chi connectivity index (χ0n) is 20.8. The van der Waals surface area contributed by atoms with E-state index in [1.54, 1.807) is 47.8 Å². The van der Waals surface area contributed by atoms with Crippen LogP contribution in [0.4, 0.5) is 16.5 Å². The van der Waals surface area contributed by atoms with E-state index in [0.717, 1.165) is 11.1 Å². The summed E-state index contributed by atoms with van der Waals surface area (Å²) < 4.78 is 34.5. The minimum atomic E-state index is -3.90. The van der Waals surface area contributed by atoms with Crippen LogP contribution in [0.3, 0.4) is 0 Å². The van der Waals surface area contributed by atoms with Gasteiger partial charge in [0.25, 0.3) is 15.9 Å².